The highest BCUT2D eigenvalue weighted by Crippen LogP contribution is 2.53. The molecule has 1 aliphatic carbocycles. The first-order valence-corrected chi connectivity index (χ1v) is 5.68. The maximum Gasteiger partial charge on any atom is 0.405 e. The predicted molar refractivity (Wildman–Crippen MR) is 63.6 cm³/mol. The summed E-state index contributed by atoms with van der Waals surface area (Å²) in [7, 11) is 0. The Kier molecular flexibility index (Phi) is 3.54. The summed E-state index contributed by atoms with van der Waals surface area (Å²) in [4.78, 5) is 10.9. The van der Waals surface area contributed by atoms with Crippen molar-refractivity contribution in [3.8, 4) is 0 Å². The third kappa shape index (κ3) is 2.45. The molecule has 0 aliphatic heterocycles. The molecule has 1 aliphatic rings. The van der Waals surface area contributed by atoms with Crippen LogP contribution in [-0.4, -0.2) is 22.7 Å². The topological polar surface area (TPSA) is 111 Å². The summed E-state index contributed by atoms with van der Waals surface area (Å²) in [6.45, 7) is 5.90. The number of oxime groups is 1. The molecule has 1 saturated carbocycles. The first kappa shape index (κ1) is 13.6. The van der Waals surface area contributed by atoms with Gasteiger partial charge >= 0.3 is 6.09 Å². The summed E-state index contributed by atoms with van der Waals surface area (Å²) < 4.78 is 5.26. The van der Waals surface area contributed by atoms with E-state index in [1.54, 1.807) is 0 Å². The molecule has 5 N–H and O–H groups in total. The Morgan fingerprint density at radius 1 is 1.47 bits per heavy atom. The second-order valence-corrected chi connectivity index (χ2v) is 5.40. The smallest absolute Gasteiger partial charge is 0.405 e. The van der Waals surface area contributed by atoms with Crippen LogP contribution in [0.2, 0.25) is 0 Å². The van der Waals surface area contributed by atoms with E-state index in [4.69, 9.17) is 21.4 Å². The minimum Gasteiger partial charge on any atom is -0.443 e. The number of carbonyl (C=O) groups excluding carboxylic acids is 1. The van der Waals surface area contributed by atoms with Gasteiger partial charge in [-0.25, -0.2) is 4.79 Å². The molecule has 1 fully saturated rings. The van der Waals surface area contributed by atoms with Crippen LogP contribution in [0.4, 0.5) is 4.79 Å². The van der Waals surface area contributed by atoms with E-state index in [1.165, 1.54) is 0 Å². The Morgan fingerprint density at radius 3 is 2.53 bits per heavy atom. The van der Waals surface area contributed by atoms with Crippen LogP contribution < -0.4 is 11.5 Å². The molecule has 1 rings (SSSR count). The molecule has 2 atom stereocenters. The highest BCUT2D eigenvalue weighted by atomic mass is 16.6. The van der Waals surface area contributed by atoms with Crippen molar-refractivity contribution >= 4 is 11.9 Å². The van der Waals surface area contributed by atoms with E-state index in [9.17, 15) is 4.79 Å². The zero-order chi connectivity index (χ0) is 13.3. The van der Waals surface area contributed by atoms with Crippen LogP contribution in [0.15, 0.2) is 5.16 Å². The van der Waals surface area contributed by atoms with Gasteiger partial charge in [-0.15, -0.1) is 0 Å². The number of primary amides is 1. The molecule has 0 spiro atoms. The maximum absolute atomic E-state index is 10.9. The molecule has 0 aromatic heterocycles. The lowest BCUT2D eigenvalue weighted by Gasteiger charge is -2.40. The highest BCUT2D eigenvalue weighted by molar-refractivity contribution is 5.80. The van der Waals surface area contributed by atoms with Crippen molar-refractivity contribution < 1.29 is 14.7 Å². The summed E-state index contributed by atoms with van der Waals surface area (Å²) >= 11 is 0. The van der Waals surface area contributed by atoms with Crippen LogP contribution in [0.25, 0.3) is 0 Å². The van der Waals surface area contributed by atoms with E-state index < -0.39 is 11.7 Å². The summed E-state index contributed by atoms with van der Waals surface area (Å²) in [5.41, 5.74) is 9.77. The van der Waals surface area contributed by atoms with E-state index in [-0.39, 0.29) is 17.2 Å². The van der Waals surface area contributed by atoms with E-state index in [1.807, 2.05) is 20.8 Å². The maximum atomic E-state index is 10.9. The Hall–Kier alpha value is -1.46. The fourth-order valence-corrected chi connectivity index (χ4v) is 2.62. The highest BCUT2D eigenvalue weighted by Gasteiger charge is 2.54. The number of ether oxygens (including phenoxy) is 1. The molecule has 0 aromatic carbocycles. The van der Waals surface area contributed by atoms with Crippen molar-refractivity contribution in [2.75, 3.05) is 0 Å². The Labute approximate surface area is 101 Å². The van der Waals surface area contributed by atoms with Crippen molar-refractivity contribution in [1.29, 1.82) is 0 Å². The SMILES string of the molecule is CC1(C)[C@H](C/C(N)=N/O)CC[C@]1(C)OC(N)=O. The minimum absolute atomic E-state index is 0.197. The van der Waals surface area contributed by atoms with Gasteiger partial charge in [0.15, 0.2) is 0 Å². The summed E-state index contributed by atoms with van der Waals surface area (Å²) in [5.74, 6) is 0.397. The molecule has 0 unspecified atom stereocenters. The van der Waals surface area contributed by atoms with Gasteiger partial charge in [-0.1, -0.05) is 19.0 Å². The monoisotopic (exact) mass is 243 g/mol. The second-order valence-electron chi connectivity index (χ2n) is 5.40. The zero-order valence-electron chi connectivity index (χ0n) is 10.6. The number of rotatable bonds is 3. The summed E-state index contributed by atoms with van der Waals surface area (Å²) in [6.07, 6.45) is 1.31. The second kappa shape index (κ2) is 4.43. The van der Waals surface area contributed by atoms with Gasteiger partial charge in [-0.3, -0.25) is 0 Å². The third-order valence-corrected chi connectivity index (χ3v) is 4.26. The lowest BCUT2D eigenvalue weighted by atomic mass is 9.72. The first-order valence-electron chi connectivity index (χ1n) is 5.68. The van der Waals surface area contributed by atoms with Gasteiger partial charge in [0, 0.05) is 11.8 Å². The molecule has 0 aromatic rings. The molecule has 6 nitrogen and oxygen atoms in total. The van der Waals surface area contributed by atoms with E-state index >= 15 is 0 Å². The number of nitrogens with zero attached hydrogens (tertiary/aromatic N) is 1. The number of carbonyl (C=O) groups is 1. The van der Waals surface area contributed by atoms with Crippen LogP contribution in [0.5, 0.6) is 0 Å². The van der Waals surface area contributed by atoms with Gasteiger partial charge in [0.25, 0.3) is 0 Å². The van der Waals surface area contributed by atoms with Gasteiger partial charge in [0.2, 0.25) is 0 Å². The summed E-state index contributed by atoms with van der Waals surface area (Å²) in [5, 5.41) is 11.6. The Morgan fingerprint density at radius 2 is 2.06 bits per heavy atom. The van der Waals surface area contributed by atoms with E-state index in [0.717, 1.165) is 12.8 Å². The van der Waals surface area contributed by atoms with Gasteiger partial charge in [0.1, 0.15) is 11.4 Å². The van der Waals surface area contributed by atoms with Crippen LogP contribution in [0.1, 0.15) is 40.0 Å². The zero-order valence-corrected chi connectivity index (χ0v) is 10.6. The Balaban J connectivity index is 2.85. The quantitative estimate of drug-likeness (QED) is 0.301. The molecule has 0 saturated heterocycles. The average molecular weight is 243 g/mol. The molecule has 98 valence electrons. The molecular formula is C11H21N3O3. The summed E-state index contributed by atoms with van der Waals surface area (Å²) in [6, 6.07) is 0. The number of hydrogen-bond acceptors (Lipinski definition) is 4. The number of hydrogen-bond donors (Lipinski definition) is 3. The normalized spacial score (nSPS) is 32.4. The minimum atomic E-state index is -0.759. The van der Waals surface area contributed by atoms with Crippen LogP contribution >= 0.6 is 0 Å². The fourth-order valence-electron chi connectivity index (χ4n) is 2.62. The van der Waals surface area contributed by atoms with Gasteiger partial charge in [0.05, 0.1) is 0 Å². The lowest BCUT2D eigenvalue weighted by Crippen LogP contribution is -2.45. The largest absolute Gasteiger partial charge is 0.443 e. The van der Waals surface area contributed by atoms with Crippen molar-refractivity contribution in [2.24, 2.45) is 28.0 Å². The van der Waals surface area contributed by atoms with Crippen molar-refractivity contribution in [3.63, 3.8) is 0 Å². The standard InChI is InChI=1S/C11H21N3O3/c1-10(2)7(6-8(12)14-16)4-5-11(10,3)17-9(13)15/h7,16H,4-6H2,1-3H3,(H2,12,14)(H2,13,15)/t7-,11-/m0/s1. The van der Waals surface area contributed by atoms with Crippen molar-refractivity contribution in [2.45, 2.75) is 45.6 Å². The molecule has 17 heavy (non-hydrogen) atoms. The van der Waals surface area contributed by atoms with Crippen LogP contribution in [-0.2, 0) is 4.74 Å². The van der Waals surface area contributed by atoms with Crippen LogP contribution in [0, 0.1) is 11.3 Å². The third-order valence-electron chi connectivity index (χ3n) is 4.26. The predicted octanol–water partition coefficient (Wildman–Crippen LogP) is 1.41. The van der Waals surface area contributed by atoms with Crippen molar-refractivity contribution in [3.05, 3.63) is 0 Å². The van der Waals surface area contributed by atoms with Gasteiger partial charge in [-0.2, -0.15) is 0 Å². The number of amides is 1. The Bertz CT molecular complexity index is 341. The molecular weight excluding hydrogens is 222 g/mol. The fraction of sp³-hybridized carbons (Fsp3) is 0.818. The number of nitrogens with two attached hydrogens (primary N) is 2. The first-order chi connectivity index (χ1) is 7.73. The molecule has 1 amide bonds. The van der Waals surface area contributed by atoms with Crippen LogP contribution in [0.3, 0.4) is 0 Å². The average Bonchev–Trinajstić information content (AvgIpc) is 2.40. The molecule has 0 heterocycles. The van der Waals surface area contributed by atoms with Crippen molar-refractivity contribution in [1.82, 2.24) is 0 Å². The van der Waals surface area contributed by atoms with Gasteiger partial charge in [-0.05, 0) is 25.7 Å². The van der Waals surface area contributed by atoms with E-state index in [0.29, 0.717) is 6.42 Å². The van der Waals surface area contributed by atoms with Gasteiger partial charge < -0.3 is 21.4 Å². The number of amidine groups is 1. The molecule has 0 bridgehead atoms. The lowest BCUT2D eigenvalue weighted by molar-refractivity contribution is -0.0501. The molecule has 0 radical (unpaired) electrons. The molecule has 6 heteroatoms. The van der Waals surface area contributed by atoms with E-state index in [2.05, 4.69) is 5.16 Å².